The van der Waals surface area contributed by atoms with E-state index in [1.807, 2.05) is 0 Å². The highest BCUT2D eigenvalue weighted by Gasteiger charge is 2.14. The highest BCUT2D eigenvalue weighted by atomic mass is 16.5. The minimum atomic E-state index is 0.317. The lowest BCUT2D eigenvalue weighted by atomic mass is 10.2. The summed E-state index contributed by atoms with van der Waals surface area (Å²) in [5.41, 5.74) is 0. The van der Waals surface area contributed by atoms with Gasteiger partial charge in [-0.05, 0) is 39.3 Å². The fourth-order valence-corrected chi connectivity index (χ4v) is 2.56. The maximum absolute atomic E-state index is 5.66. The van der Waals surface area contributed by atoms with E-state index in [1.165, 1.54) is 6.42 Å². The van der Waals surface area contributed by atoms with Gasteiger partial charge in [0.2, 0.25) is 0 Å². The molecule has 2 N–H and O–H groups in total. The number of aliphatic imine (C=N–C) groups is 1. The van der Waals surface area contributed by atoms with E-state index in [0.29, 0.717) is 6.10 Å². The van der Waals surface area contributed by atoms with Crippen LogP contribution < -0.4 is 10.6 Å². The zero-order valence-electron chi connectivity index (χ0n) is 15.3. The van der Waals surface area contributed by atoms with Gasteiger partial charge < -0.3 is 25.0 Å². The second kappa shape index (κ2) is 13.6. The summed E-state index contributed by atoms with van der Waals surface area (Å²) in [7, 11) is 0. The molecule has 0 aliphatic carbocycles. The van der Waals surface area contributed by atoms with E-state index in [9.17, 15) is 0 Å². The monoisotopic (exact) mass is 328 g/mol. The van der Waals surface area contributed by atoms with Crippen molar-refractivity contribution in [2.75, 3.05) is 59.1 Å². The predicted octanol–water partition coefficient (Wildman–Crippen LogP) is 1.47. The van der Waals surface area contributed by atoms with Crippen molar-refractivity contribution in [2.24, 2.45) is 4.99 Å². The molecule has 0 spiro atoms. The summed E-state index contributed by atoms with van der Waals surface area (Å²) >= 11 is 0. The molecule has 0 saturated carbocycles. The SMILES string of the molecule is CCNC(=NCCCOCC1CCCO1)NCCN(CC)CC. The molecule has 1 unspecified atom stereocenters. The van der Waals surface area contributed by atoms with E-state index >= 15 is 0 Å². The topological polar surface area (TPSA) is 58.1 Å². The van der Waals surface area contributed by atoms with Crippen LogP contribution in [0.2, 0.25) is 0 Å². The van der Waals surface area contributed by atoms with Gasteiger partial charge in [-0.3, -0.25) is 4.99 Å². The van der Waals surface area contributed by atoms with Crippen molar-refractivity contribution < 1.29 is 9.47 Å². The Bertz CT molecular complexity index is 303. The molecule has 0 radical (unpaired) electrons. The first kappa shape index (κ1) is 20.2. The van der Waals surface area contributed by atoms with E-state index in [0.717, 1.165) is 77.9 Å². The van der Waals surface area contributed by atoms with Crippen LogP contribution in [0.25, 0.3) is 0 Å². The van der Waals surface area contributed by atoms with E-state index < -0.39 is 0 Å². The number of rotatable bonds is 12. The molecule has 1 heterocycles. The minimum absolute atomic E-state index is 0.317. The van der Waals surface area contributed by atoms with Gasteiger partial charge in [0.15, 0.2) is 5.96 Å². The van der Waals surface area contributed by atoms with Crippen molar-refractivity contribution >= 4 is 5.96 Å². The Balaban J connectivity index is 2.10. The molecule has 0 aromatic rings. The summed E-state index contributed by atoms with van der Waals surface area (Å²) in [5, 5.41) is 6.68. The third kappa shape index (κ3) is 9.79. The summed E-state index contributed by atoms with van der Waals surface area (Å²) in [4.78, 5) is 6.99. The largest absolute Gasteiger partial charge is 0.379 e. The van der Waals surface area contributed by atoms with Crippen LogP contribution in [0.3, 0.4) is 0 Å². The molecule has 1 fully saturated rings. The van der Waals surface area contributed by atoms with Crippen LogP contribution in [0.1, 0.15) is 40.0 Å². The van der Waals surface area contributed by atoms with Gasteiger partial charge in [-0.1, -0.05) is 13.8 Å². The summed E-state index contributed by atoms with van der Waals surface area (Å²) < 4.78 is 11.2. The van der Waals surface area contributed by atoms with Gasteiger partial charge in [0, 0.05) is 39.4 Å². The number of hydrogen-bond acceptors (Lipinski definition) is 4. The molecule has 136 valence electrons. The first-order valence-corrected chi connectivity index (χ1v) is 9.24. The van der Waals surface area contributed by atoms with E-state index in [4.69, 9.17) is 9.47 Å². The number of guanidine groups is 1. The number of likely N-dealkylation sites (N-methyl/N-ethyl adjacent to an activating group) is 1. The van der Waals surface area contributed by atoms with Crippen molar-refractivity contribution in [2.45, 2.75) is 46.1 Å². The van der Waals surface area contributed by atoms with Crippen LogP contribution in [-0.4, -0.2) is 76.1 Å². The number of nitrogens with zero attached hydrogens (tertiary/aromatic N) is 2. The highest BCUT2D eigenvalue weighted by Crippen LogP contribution is 2.11. The van der Waals surface area contributed by atoms with Crippen molar-refractivity contribution in [3.05, 3.63) is 0 Å². The van der Waals surface area contributed by atoms with Crippen molar-refractivity contribution in [1.82, 2.24) is 15.5 Å². The van der Waals surface area contributed by atoms with Crippen LogP contribution in [0, 0.1) is 0 Å². The Kier molecular flexibility index (Phi) is 11.9. The second-order valence-corrected chi connectivity index (χ2v) is 5.78. The zero-order chi connectivity index (χ0) is 16.8. The van der Waals surface area contributed by atoms with Gasteiger partial charge in [-0.25, -0.2) is 0 Å². The first-order valence-electron chi connectivity index (χ1n) is 9.24. The second-order valence-electron chi connectivity index (χ2n) is 5.78. The fraction of sp³-hybridized carbons (Fsp3) is 0.941. The fourth-order valence-electron chi connectivity index (χ4n) is 2.56. The summed E-state index contributed by atoms with van der Waals surface area (Å²) in [6.07, 6.45) is 3.57. The molecule has 0 aromatic heterocycles. The molecule has 6 nitrogen and oxygen atoms in total. The molecule has 23 heavy (non-hydrogen) atoms. The van der Waals surface area contributed by atoms with Gasteiger partial charge in [-0.2, -0.15) is 0 Å². The smallest absolute Gasteiger partial charge is 0.191 e. The normalized spacial score (nSPS) is 18.6. The lowest BCUT2D eigenvalue weighted by molar-refractivity contribution is 0.0171. The standard InChI is InChI=1S/C17H36N4O2/c1-4-18-17(20-11-12-21(5-2)6-3)19-10-8-13-22-15-16-9-7-14-23-16/h16H,4-15H2,1-3H3,(H2,18,19,20). The van der Waals surface area contributed by atoms with Crippen molar-refractivity contribution in [3.8, 4) is 0 Å². The highest BCUT2D eigenvalue weighted by molar-refractivity contribution is 5.79. The van der Waals surface area contributed by atoms with Crippen molar-refractivity contribution in [1.29, 1.82) is 0 Å². The molecule has 1 saturated heterocycles. The summed E-state index contributed by atoms with van der Waals surface area (Å²) in [6, 6.07) is 0. The molecule has 0 amide bonds. The lowest BCUT2D eigenvalue weighted by Crippen LogP contribution is -2.41. The molecular formula is C17H36N4O2. The van der Waals surface area contributed by atoms with Crippen LogP contribution in [0.5, 0.6) is 0 Å². The molecular weight excluding hydrogens is 292 g/mol. The Morgan fingerprint density at radius 1 is 1.26 bits per heavy atom. The molecule has 1 atom stereocenters. The van der Waals surface area contributed by atoms with Gasteiger partial charge in [-0.15, -0.1) is 0 Å². The van der Waals surface area contributed by atoms with Crippen LogP contribution in [0.4, 0.5) is 0 Å². The minimum Gasteiger partial charge on any atom is -0.379 e. The van der Waals surface area contributed by atoms with Gasteiger partial charge in [0.25, 0.3) is 0 Å². The van der Waals surface area contributed by atoms with Crippen LogP contribution in [0.15, 0.2) is 4.99 Å². The number of ether oxygens (including phenoxy) is 2. The van der Waals surface area contributed by atoms with E-state index in [-0.39, 0.29) is 0 Å². The summed E-state index contributed by atoms with van der Waals surface area (Å²) in [5.74, 6) is 0.902. The van der Waals surface area contributed by atoms with Gasteiger partial charge in [0.1, 0.15) is 0 Å². The van der Waals surface area contributed by atoms with Crippen LogP contribution in [-0.2, 0) is 9.47 Å². The average Bonchev–Trinajstić information content (AvgIpc) is 3.08. The average molecular weight is 329 g/mol. The quantitative estimate of drug-likeness (QED) is 0.323. The maximum atomic E-state index is 5.66. The third-order valence-corrected chi connectivity index (χ3v) is 4.00. The Morgan fingerprint density at radius 2 is 2.09 bits per heavy atom. The Labute approximate surface area is 142 Å². The number of nitrogens with one attached hydrogen (secondary N) is 2. The Morgan fingerprint density at radius 3 is 2.74 bits per heavy atom. The maximum Gasteiger partial charge on any atom is 0.191 e. The number of hydrogen-bond donors (Lipinski definition) is 2. The molecule has 1 rings (SSSR count). The molecule has 0 aromatic carbocycles. The molecule has 1 aliphatic rings. The lowest BCUT2D eigenvalue weighted by Gasteiger charge is -2.19. The third-order valence-electron chi connectivity index (χ3n) is 4.00. The van der Waals surface area contributed by atoms with Gasteiger partial charge in [0.05, 0.1) is 12.7 Å². The van der Waals surface area contributed by atoms with Gasteiger partial charge >= 0.3 is 0 Å². The Hall–Kier alpha value is -0.850. The summed E-state index contributed by atoms with van der Waals surface area (Å²) in [6.45, 7) is 14.7. The van der Waals surface area contributed by atoms with Crippen LogP contribution >= 0.6 is 0 Å². The van der Waals surface area contributed by atoms with E-state index in [2.05, 4.69) is 41.3 Å². The predicted molar refractivity (Wildman–Crippen MR) is 96.2 cm³/mol. The van der Waals surface area contributed by atoms with Crippen molar-refractivity contribution in [3.63, 3.8) is 0 Å². The van der Waals surface area contributed by atoms with E-state index in [1.54, 1.807) is 0 Å². The first-order chi connectivity index (χ1) is 11.3. The molecule has 1 aliphatic heterocycles. The molecule has 0 bridgehead atoms. The molecule has 6 heteroatoms. The zero-order valence-corrected chi connectivity index (χ0v) is 15.3.